The van der Waals surface area contributed by atoms with Crippen LogP contribution >= 0.6 is 0 Å². The Morgan fingerprint density at radius 1 is 1.41 bits per heavy atom. The highest BCUT2D eigenvalue weighted by atomic mass is 16.6. The van der Waals surface area contributed by atoms with E-state index in [0.717, 1.165) is 0 Å². The third-order valence-corrected chi connectivity index (χ3v) is 2.49. The molecule has 0 saturated carbocycles. The van der Waals surface area contributed by atoms with Crippen molar-refractivity contribution in [1.29, 1.82) is 0 Å². The molecule has 1 aliphatic rings. The maximum atomic E-state index is 11.3. The summed E-state index contributed by atoms with van der Waals surface area (Å²) in [6, 6.07) is 6.08. The van der Waals surface area contributed by atoms with Crippen LogP contribution in [0.15, 0.2) is 35.6 Å². The van der Waals surface area contributed by atoms with Gasteiger partial charge < -0.3 is 9.84 Å². The number of ether oxygens (including phenoxy) is 1. The van der Waals surface area contributed by atoms with Gasteiger partial charge >= 0.3 is 5.97 Å². The Hall–Kier alpha value is -2.37. The van der Waals surface area contributed by atoms with Crippen molar-refractivity contribution >= 4 is 11.7 Å². The fraction of sp³-hybridized carbons (Fsp3) is 0.182. The van der Waals surface area contributed by atoms with Gasteiger partial charge in [0.25, 0.3) is 5.69 Å². The first-order chi connectivity index (χ1) is 8.09. The topological polar surface area (TPSA) is 89.7 Å². The predicted octanol–water partition coefficient (Wildman–Crippen LogP) is 1.51. The Morgan fingerprint density at radius 3 is 2.71 bits per heavy atom. The molecule has 6 heteroatoms. The lowest BCUT2D eigenvalue weighted by molar-refractivity contribution is -0.385. The summed E-state index contributed by atoms with van der Waals surface area (Å²) in [5.41, 5.74) is 0.379. The van der Waals surface area contributed by atoms with Crippen molar-refractivity contribution in [1.82, 2.24) is 0 Å². The Labute approximate surface area is 96.3 Å². The molecule has 0 spiro atoms. The Balaban J connectivity index is 2.34. The number of nitro groups is 1. The van der Waals surface area contributed by atoms with Gasteiger partial charge in [0.15, 0.2) is 0 Å². The molecule has 0 bridgehead atoms. The zero-order chi connectivity index (χ0) is 12.4. The van der Waals surface area contributed by atoms with Crippen LogP contribution in [0.5, 0.6) is 0 Å². The van der Waals surface area contributed by atoms with E-state index in [9.17, 15) is 20.0 Å². The van der Waals surface area contributed by atoms with Crippen LogP contribution in [0.4, 0.5) is 5.69 Å². The molecule has 6 nitrogen and oxygen atoms in total. The number of hydrogen-bond acceptors (Lipinski definition) is 5. The molecule has 0 atom stereocenters. The fourth-order valence-corrected chi connectivity index (χ4v) is 1.63. The number of nitro benzene ring substituents is 1. The van der Waals surface area contributed by atoms with Gasteiger partial charge in [-0.15, -0.1) is 0 Å². The SMILES string of the molecule is O=C1OCC(O)=C1Cc1ccccc1[N+](=O)[O-]. The lowest BCUT2D eigenvalue weighted by Crippen LogP contribution is -2.04. The molecule has 0 unspecified atom stereocenters. The number of benzene rings is 1. The number of rotatable bonds is 3. The fourth-order valence-electron chi connectivity index (χ4n) is 1.63. The van der Waals surface area contributed by atoms with Gasteiger partial charge in [-0.25, -0.2) is 4.79 Å². The highest BCUT2D eigenvalue weighted by Gasteiger charge is 2.26. The molecule has 1 aromatic carbocycles. The molecular weight excluding hydrogens is 226 g/mol. The maximum Gasteiger partial charge on any atom is 0.338 e. The molecule has 17 heavy (non-hydrogen) atoms. The number of para-hydroxylation sites is 1. The van der Waals surface area contributed by atoms with Crippen molar-refractivity contribution in [2.75, 3.05) is 6.61 Å². The second kappa shape index (κ2) is 4.25. The second-order valence-electron chi connectivity index (χ2n) is 3.56. The highest BCUT2D eigenvalue weighted by molar-refractivity contribution is 5.91. The minimum Gasteiger partial charge on any atom is -0.508 e. The Morgan fingerprint density at radius 2 is 2.12 bits per heavy atom. The summed E-state index contributed by atoms with van der Waals surface area (Å²) in [6.07, 6.45) is 0.00181. The average Bonchev–Trinajstić information content (AvgIpc) is 2.61. The number of carbonyl (C=O) groups is 1. The standard InChI is InChI=1S/C11H9NO5/c13-10-6-17-11(14)8(10)5-7-3-1-2-4-9(7)12(15)16/h1-4,13H,5-6H2. The summed E-state index contributed by atoms with van der Waals surface area (Å²) in [7, 11) is 0. The molecule has 1 heterocycles. The molecule has 2 rings (SSSR count). The quantitative estimate of drug-likeness (QED) is 0.487. The Bertz CT molecular complexity index is 520. The first-order valence-electron chi connectivity index (χ1n) is 4.90. The monoisotopic (exact) mass is 235 g/mol. The Kier molecular flexibility index (Phi) is 2.78. The molecule has 0 aliphatic carbocycles. The summed E-state index contributed by atoms with van der Waals surface area (Å²) in [5.74, 6) is -0.784. The molecule has 0 amide bonds. The normalized spacial score (nSPS) is 14.9. The van der Waals surface area contributed by atoms with Crippen molar-refractivity contribution in [3.63, 3.8) is 0 Å². The van der Waals surface area contributed by atoms with E-state index in [2.05, 4.69) is 4.74 Å². The number of nitrogens with zero attached hydrogens (tertiary/aromatic N) is 1. The summed E-state index contributed by atoms with van der Waals surface area (Å²) in [4.78, 5) is 21.5. The zero-order valence-corrected chi connectivity index (χ0v) is 8.75. The summed E-state index contributed by atoms with van der Waals surface area (Å²) in [5, 5.41) is 20.2. The maximum absolute atomic E-state index is 11.3. The summed E-state index contributed by atoms with van der Waals surface area (Å²) >= 11 is 0. The van der Waals surface area contributed by atoms with Crippen LogP contribution in [0, 0.1) is 10.1 Å². The largest absolute Gasteiger partial charge is 0.508 e. The summed E-state index contributed by atoms with van der Waals surface area (Å²) < 4.78 is 4.62. The van der Waals surface area contributed by atoms with E-state index in [1.54, 1.807) is 18.2 Å². The van der Waals surface area contributed by atoms with Crippen LogP contribution in [-0.2, 0) is 16.0 Å². The number of aliphatic hydroxyl groups excluding tert-OH is 1. The smallest absolute Gasteiger partial charge is 0.338 e. The summed E-state index contributed by atoms with van der Waals surface area (Å²) in [6.45, 7) is -0.158. The molecule has 0 saturated heterocycles. The lowest BCUT2D eigenvalue weighted by Gasteiger charge is -2.02. The highest BCUT2D eigenvalue weighted by Crippen LogP contribution is 2.24. The number of esters is 1. The van der Waals surface area contributed by atoms with Gasteiger partial charge in [0.2, 0.25) is 0 Å². The van der Waals surface area contributed by atoms with Crippen LogP contribution in [0.3, 0.4) is 0 Å². The van der Waals surface area contributed by atoms with E-state index in [1.165, 1.54) is 6.07 Å². The molecule has 0 radical (unpaired) electrons. The van der Waals surface area contributed by atoms with Crippen LogP contribution in [0.2, 0.25) is 0 Å². The van der Waals surface area contributed by atoms with Gasteiger partial charge in [0.05, 0.1) is 10.5 Å². The van der Waals surface area contributed by atoms with Gasteiger partial charge in [-0.05, 0) is 0 Å². The third-order valence-electron chi connectivity index (χ3n) is 2.49. The molecule has 1 N–H and O–H groups in total. The number of aliphatic hydroxyl groups is 1. The van der Waals surface area contributed by atoms with E-state index in [1.807, 2.05) is 0 Å². The van der Waals surface area contributed by atoms with Crippen molar-refractivity contribution in [2.24, 2.45) is 0 Å². The average molecular weight is 235 g/mol. The number of cyclic esters (lactones) is 1. The van der Waals surface area contributed by atoms with Crippen molar-refractivity contribution in [3.8, 4) is 0 Å². The van der Waals surface area contributed by atoms with Crippen LogP contribution in [0.1, 0.15) is 5.56 Å². The van der Waals surface area contributed by atoms with Crippen molar-refractivity contribution < 1.29 is 19.6 Å². The number of carbonyl (C=O) groups excluding carboxylic acids is 1. The van der Waals surface area contributed by atoms with Gasteiger partial charge in [-0.3, -0.25) is 10.1 Å². The first-order valence-corrected chi connectivity index (χ1v) is 4.90. The molecule has 88 valence electrons. The van der Waals surface area contributed by atoms with E-state index in [4.69, 9.17) is 0 Å². The molecular formula is C11H9NO5. The van der Waals surface area contributed by atoms with Gasteiger partial charge in [-0.1, -0.05) is 18.2 Å². The van der Waals surface area contributed by atoms with E-state index >= 15 is 0 Å². The van der Waals surface area contributed by atoms with E-state index in [-0.39, 0.29) is 30.0 Å². The van der Waals surface area contributed by atoms with Crippen molar-refractivity contribution in [3.05, 3.63) is 51.3 Å². The third kappa shape index (κ3) is 2.10. The van der Waals surface area contributed by atoms with E-state index in [0.29, 0.717) is 5.56 Å². The molecule has 1 aliphatic heterocycles. The molecule has 0 fully saturated rings. The minimum absolute atomic E-state index is 0.00181. The van der Waals surface area contributed by atoms with Crippen LogP contribution < -0.4 is 0 Å². The lowest BCUT2D eigenvalue weighted by atomic mass is 10.0. The molecule has 0 aromatic heterocycles. The van der Waals surface area contributed by atoms with Gasteiger partial charge in [0, 0.05) is 18.1 Å². The predicted molar refractivity (Wildman–Crippen MR) is 57.4 cm³/mol. The van der Waals surface area contributed by atoms with Crippen LogP contribution in [0.25, 0.3) is 0 Å². The van der Waals surface area contributed by atoms with E-state index < -0.39 is 10.9 Å². The second-order valence-corrected chi connectivity index (χ2v) is 3.56. The first kappa shape index (κ1) is 11.1. The zero-order valence-electron chi connectivity index (χ0n) is 8.75. The number of hydrogen-bond donors (Lipinski definition) is 1. The van der Waals surface area contributed by atoms with Crippen molar-refractivity contribution in [2.45, 2.75) is 6.42 Å². The molecule has 1 aromatic rings. The van der Waals surface area contributed by atoms with Crippen LogP contribution in [-0.4, -0.2) is 22.6 Å². The minimum atomic E-state index is -0.624. The van der Waals surface area contributed by atoms with Gasteiger partial charge in [-0.2, -0.15) is 0 Å². The van der Waals surface area contributed by atoms with Gasteiger partial charge in [0.1, 0.15) is 12.4 Å².